The molecule has 1 aromatic rings. The maximum atomic E-state index is 10.5. The molecule has 0 saturated carbocycles. The van der Waals surface area contributed by atoms with E-state index < -0.39 is 4.92 Å². The number of benzene rings is 1. The van der Waals surface area contributed by atoms with Crippen LogP contribution in [0.3, 0.4) is 0 Å². The minimum atomic E-state index is -0.585. The molecule has 5 nitrogen and oxygen atoms in total. The molecule has 0 aliphatic rings. The molecule has 4 N–H and O–H groups in total. The predicted molar refractivity (Wildman–Crippen MR) is 50.4 cm³/mol. The van der Waals surface area contributed by atoms with Gasteiger partial charge < -0.3 is 11.5 Å². The predicted octanol–water partition coefficient (Wildman–Crippen LogP) is 1.29. The van der Waals surface area contributed by atoms with E-state index in [0.29, 0.717) is 5.56 Å². The van der Waals surface area contributed by atoms with Crippen molar-refractivity contribution in [2.75, 3.05) is 5.73 Å². The summed E-state index contributed by atoms with van der Waals surface area (Å²) in [5.41, 5.74) is 11.3. The van der Waals surface area contributed by atoms with Crippen molar-refractivity contribution in [3.05, 3.63) is 32.8 Å². The van der Waals surface area contributed by atoms with Crippen LogP contribution in [0, 0.1) is 10.1 Å². The Hall–Kier alpha value is -1.33. The molecule has 0 fully saturated rings. The lowest BCUT2D eigenvalue weighted by Gasteiger charge is -2.02. The Morgan fingerprint density at radius 3 is 2.62 bits per heavy atom. The van der Waals surface area contributed by atoms with Crippen LogP contribution in [-0.2, 0) is 6.54 Å². The van der Waals surface area contributed by atoms with E-state index in [0.717, 1.165) is 0 Å². The summed E-state index contributed by atoms with van der Waals surface area (Å²) in [6.07, 6.45) is 0. The van der Waals surface area contributed by atoms with Gasteiger partial charge in [0.25, 0.3) is 5.69 Å². The zero-order valence-corrected chi connectivity index (χ0v) is 7.41. The van der Waals surface area contributed by atoms with E-state index in [4.69, 9.17) is 23.1 Å². The van der Waals surface area contributed by atoms with E-state index in [9.17, 15) is 10.1 Å². The molecule has 1 aromatic carbocycles. The normalized spacial score (nSPS) is 10.0. The summed E-state index contributed by atoms with van der Waals surface area (Å²) in [5, 5.41) is 10.4. The van der Waals surface area contributed by atoms with Gasteiger partial charge in [0.1, 0.15) is 5.02 Å². The first-order valence-corrected chi connectivity index (χ1v) is 3.86. The van der Waals surface area contributed by atoms with Crippen LogP contribution in [0.25, 0.3) is 0 Å². The maximum absolute atomic E-state index is 10.5. The number of nitrogens with two attached hydrogens (primary N) is 2. The van der Waals surface area contributed by atoms with Crippen LogP contribution in [0.5, 0.6) is 0 Å². The fourth-order valence-corrected chi connectivity index (χ4v) is 1.12. The molecule has 6 heteroatoms. The molecule has 0 aliphatic heterocycles. The number of nitro benzene ring substituents is 1. The van der Waals surface area contributed by atoms with Crippen molar-refractivity contribution in [2.45, 2.75) is 6.54 Å². The highest BCUT2D eigenvalue weighted by Gasteiger charge is 2.15. The fraction of sp³-hybridized carbons (Fsp3) is 0.143. The van der Waals surface area contributed by atoms with E-state index in [1.165, 1.54) is 12.1 Å². The molecule has 0 amide bonds. The summed E-state index contributed by atoms with van der Waals surface area (Å²) in [4.78, 5) is 9.88. The van der Waals surface area contributed by atoms with Crippen molar-refractivity contribution in [3.63, 3.8) is 0 Å². The first-order valence-electron chi connectivity index (χ1n) is 3.48. The number of nitrogen functional groups attached to an aromatic ring is 1. The molecule has 0 bridgehead atoms. The van der Waals surface area contributed by atoms with Crippen LogP contribution < -0.4 is 11.5 Å². The number of rotatable bonds is 2. The second-order valence-electron chi connectivity index (χ2n) is 2.48. The van der Waals surface area contributed by atoms with Gasteiger partial charge in [0.15, 0.2) is 0 Å². The lowest BCUT2D eigenvalue weighted by Crippen LogP contribution is -2.01. The third-order valence-corrected chi connectivity index (χ3v) is 1.99. The van der Waals surface area contributed by atoms with Crippen molar-refractivity contribution in [1.29, 1.82) is 0 Å². The summed E-state index contributed by atoms with van der Waals surface area (Å²) in [5.74, 6) is 0. The molecule has 0 aromatic heterocycles. The second kappa shape index (κ2) is 3.59. The number of hydrogen-bond donors (Lipinski definition) is 2. The number of hydrogen-bond acceptors (Lipinski definition) is 4. The summed E-state index contributed by atoms with van der Waals surface area (Å²) < 4.78 is 0. The molecule has 70 valence electrons. The van der Waals surface area contributed by atoms with Crippen LogP contribution in [-0.4, -0.2) is 4.92 Å². The minimum Gasteiger partial charge on any atom is -0.397 e. The van der Waals surface area contributed by atoms with Gasteiger partial charge in [-0.05, 0) is 11.6 Å². The van der Waals surface area contributed by atoms with Crippen molar-refractivity contribution >= 4 is 23.0 Å². The average Bonchev–Trinajstić information content (AvgIpc) is 2.09. The van der Waals surface area contributed by atoms with Crippen molar-refractivity contribution in [3.8, 4) is 0 Å². The molecular formula is C7H8ClN3O2. The quantitative estimate of drug-likeness (QED) is 0.428. The zero-order chi connectivity index (χ0) is 10.0. The van der Waals surface area contributed by atoms with Gasteiger partial charge in [-0.15, -0.1) is 0 Å². The Morgan fingerprint density at radius 2 is 2.15 bits per heavy atom. The van der Waals surface area contributed by atoms with Gasteiger partial charge in [0.05, 0.1) is 10.6 Å². The smallest absolute Gasteiger partial charge is 0.290 e. The lowest BCUT2D eigenvalue weighted by atomic mass is 10.2. The van der Waals surface area contributed by atoms with Crippen molar-refractivity contribution < 1.29 is 4.92 Å². The highest BCUT2D eigenvalue weighted by molar-refractivity contribution is 6.35. The highest BCUT2D eigenvalue weighted by atomic mass is 35.5. The van der Waals surface area contributed by atoms with Gasteiger partial charge in [-0.3, -0.25) is 10.1 Å². The summed E-state index contributed by atoms with van der Waals surface area (Å²) in [6, 6.07) is 2.84. The summed E-state index contributed by atoms with van der Waals surface area (Å²) >= 11 is 5.61. The molecule has 1 rings (SSSR count). The maximum Gasteiger partial charge on any atom is 0.290 e. The van der Waals surface area contributed by atoms with Crippen LogP contribution >= 0.6 is 11.6 Å². The van der Waals surface area contributed by atoms with E-state index in [1.807, 2.05) is 0 Å². The third-order valence-electron chi connectivity index (χ3n) is 1.57. The summed E-state index contributed by atoms with van der Waals surface area (Å²) in [6.45, 7) is 0.197. The number of nitrogens with zero attached hydrogens (tertiary/aromatic N) is 1. The fourth-order valence-electron chi connectivity index (χ4n) is 0.942. The SMILES string of the molecule is NCc1cc(N)c(Cl)c([N+](=O)[O-])c1. The van der Waals surface area contributed by atoms with Crippen LogP contribution in [0.15, 0.2) is 12.1 Å². The number of anilines is 1. The van der Waals surface area contributed by atoms with Crippen molar-refractivity contribution in [2.24, 2.45) is 5.73 Å². The molecule has 0 unspecified atom stereocenters. The van der Waals surface area contributed by atoms with Gasteiger partial charge >= 0.3 is 0 Å². The number of halogens is 1. The Kier molecular flexibility index (Phi) is 2.69. The minimum absolute atomic E-state index is 0.0396. The first kappa shape index (κ1) is 9.76. The van der Waals surface area contributed by atoms with Gasteiger partial charge in [-0.2, -0.15) is 0 Å². The Balaban J connectivity index is 3.33. The van der Waals surface area contributed by atoms with E-state index in [-0.39, 0.29) is 22.9 Å². The van der Waals surface area contributed by atoms with Crippen LogP contribution in [0.2, 0.25) is 5.02 Å². The lowest BCUT2D eigenvalue weighted by molar-refractivity contribution is -0.384. The summed E-state index contributed by atoms with van der Waals surface area (Å²) in [7, 11) is 0. The molecule has 0 heterocycles. The molecule has 0 saturated heterocycles. The highest BCUT2D eigenvalue weighted by Crippen LogP contribution is 2.31. The monoisotopic (exact) mass is 201 g/mol. The Bertz CT molecular complexity index is 354. The van der Waals surface area contributed by atoms with E-state index in [1.54, 1.807) is 0 Å². The largest absolute Gasteiger partial charge is 0.397 e. The second-order valence-corrected chi connectivity index (χ2v) is 2.86. The average molecular weight is 202 g/mol. The van der Waals surface area contributed by atoms with E-state index in [2.05, 4.69) is 0 Å². The molecular weight excluding hydrogens is 194 g/mol. The van der Waals surface area contributed by atoms with Gasteiger partial charge in [0, 0.05) is 12.6 Å². The number of nitro groups is 1. The van der Waals surface area contributed by atoms with Crippen molar-refractivity contribution in [1.82, 2.24) is 0 Å². The molecule has 13 heavy (non-hydrogen) atoms. The topological polar surface area (TPSA) is 95.2 Å². The molecule has 0 atom stereocenters. The molecule has 0 aliphatic carbocycles. The Labute approximate surface area is 79.4 Å². The van der Waals surface area contributed by atoms with Gasteiger partial charge in [-0.1, -0.05) is 11.6 Å². The standard InChI is InChI=1S/C7H8ClN3O2/c8-7-5(10)1-4(3-9)2-6(7)11(12)13/h1-2H,3,9-10H2. The molecule has 0 spiro atoms. The van der Waals surface area contributed by atoms with Crippen LogP contribution in [0.4, 0.5) is 11.4 Å². The van der Waals surface area contributed by atoms with Gasteiger partial charge in [-0.25, -0.2) is 0 Å². The first-order chi connectivity index (χ1) is 6.06. The third kappa shape index (κ3) is 1.88. The Morgan fingerprint density at radius 1 is 1.54 bits per heavy atom. The van der Waals surface area contributed by atoms with E-state index >= 15 is 0 Å². The van der Waals surface area contributed by atoms with Gasteiger partial charge in [0.2, 0.25) is 0 Å². The zero-order valence-electron chi connectivity index (χ0n) is 6.66. The molecule has 0 radical (unpaired) electrons. The van der Waals surface area contributed by atoms with Crippen LogP contribution in [0.1, 0.15) is 5.56 Å².